The maximum Gasteiger partial charge on any atom is 0.329 e. The van der Waals surface area contributed by atoms with Gasteiger partial charge in [0.05, 0.1) is 41.7 Å². The molecule has 7 unspecified atom stereocenters. The quantitative estimate of drug-likeness (QED) is 0.0315. The number of carboxylic acids is 4. The Kier molecular flexibility index (Phi) is 32.0. The fourth-order valence-electron chi connectivity index (χ4n) is 10.2. The topological polar surface area (TPSA) is 503 Å². The lowest BCUT2D eigenvalue weighted by Crippen LogP contribution is -2.59. The molecule has 1 aromatic carbocycles. The highest BCUT2D eigenvalue weighted by Gasteiger charge is 2.43. The number of thiazole rings is 1. The zero-order valence-electron chi connectivity index (χ0n) is 52.4. The van der Waals surface area contributed by atoms with E-state index in [9.17, 15) is 87.5 Å². The number of primary amides is 1. The van der Waals surface area contributed by atoms with Crippen molar-refractivity contribution < 1.29 is 87.5 Å². The molecule has 2 fully saturated rings. The van der Waals surface area contributed by atoms with Gasteiger partial charge >= 0.3 is 29.9 Å². The predicted octanol–water partition coefficient (Wildman–Crippen LogP) is 0.400. The molecule has 17 N–H and O–H groups in total. The lowest BCUT2D eigenvalue weighted by molar-refractivity contribution is -0.142. The number of urea groups is 1. The Labute approximate surface area is 554 Å². The number of nitrogens with zero attached hydrogens (tertiary/aromatic N) is 2. The van der Waals surface area contributed by atoms with Crippen LogP contribution in [-0.4, -0.2) is 205 Å². The molecule has 3 aliphatic heterocycles. The Balaban J connectivity index is 0.982. The minimum Gasteiger partial charge on any atom is -0.481 e. The average Bonchev–Trinajstić information content (AvgIpc) is 1.66. The number of nitrogens with one attached hydrogen (secondary N) is 11. The number of hydrogen-bond donors (Lipinski definition) is 16. The maximum atomic E-state index is 13.8. The molecule has 0 spiro atoms. The summed E-state index contributed by atoms with van der Waals surface area (Å²) in [7, 11) is 0. The maximum absolute atomic E-state index is 13.8. The summed E-state index contributed by atoms with van der Waals surface area (Å²) in [5.41, 5.74) is 6.78. The fourth-order valence-corrected chi connectivity index (χ4v) is 13.9. The van der Waals surface area contributed by atoms with Gasteiger partial charge in [0.1, 0.15) is 40.3 Å². The molecule has 4 heterocycles. The summed E-state index contributed by atoms with van der Waals surface area (Å²) in [4.78, 5) is 184. The highest BCUT2D eigenvalue weighted by atomic mass is 32.2. The summed E-state index contributed by atoms with van der Waals surface area (Å²) < 4.78 is 0.756. The normalized spacial score (nSPS) is 17.9. The molecule has 11 amide bonds. The minimum absolute atomic E-state index is 0.0173. The number of aliphatic imine (C=N–C) groups is 1. The van der Waals surface area contributed by atoms with Crippen molar-refractivity contribution in [3.05, 3.63) is 23.2 Å². The van der Waals surface area contributed by atoms with E-state index < -0.39 is 133 Å². The Morgan fingerprint density at radius 1 is 0.606 bits per heavy atom. The van der Waals surface area contributed by atoms with Crippen molar-refractivity contribution in [3.63, 3.8) is 0 Å². The zero-order chi connectivity index (χ0) is 68.9. The van der Waals surface area contributed by atoms with Crippen molar-refractivity contribution in [1.82, 2.24) is 58.2 Å². The van der Waals surface area contributed by atoms with Crippen LogP contribution in [0.15, 0.2) is 23.2 Å². The van der Waals surface area contributed by atoms with E-state index in [0.717, 1.165) is 42.6 Å². The SMILES string of the molecule is CC(C)C(NC(=O)C(CCC(=O)O)NC(=O)C(CC(=O)O)NC(=O)CCCCCNC(=O)CCCCCNC(=O)CCCC[C@@H]1SCC2NC(=O)NC21)C(=O)NC(CC(=O)O)C(=O)NCCCCC(NC(=O)CNc1ccc2nc(C3=N[C@@H](C(=O)O)CS3)sc2c1)C(N)=O. The molecular weight excluding hydrogens is 1290 g/mol. The van der Waals surface area contributed by atoms with E-state index >= 15 is 0 Å². The summed E-state index contributed by atoms with van der Waals surface area (Å²) in [6.45, 7) is 3.49. The summed E-state index contributed by atoms with van der Waals surface area (Å²) >= 11 is 4.46. The second kappa shape index (κ2) is 39.4. The number of hydrogen-bond acceptors (Lipinski definition) is 20. The van der Waals surface area contributed by atoms with Gasteiger partial charge in [-0.3, -0.25) is 62.5 Å². The van der Waals surface area contributed by atoms with Gasteiger partial charge < -0.3 is 84.6 Å². The molecule has 2 saturated heterocycles. The lowest BCUT2D eigenvalue weighted by Gasteiger charge is -2.27. The minimum atomic E-state index is -1.73. The van der Waals surface area contributed by atoms with Gasteiger partial charge in [0, 0.05) is 67.8 Å². The third-order valence-electron chi connectivity index (χ3n) is 15.3. The number of rotatable bonds is 45. The first-order valence-electron chi connectivity index (χ1n) is 31.3. The molecule has 32 nitrogen and oxygen atoms in total. The van der Waals surface area contributed by atoms with Crippen LogP contribution >= 0.6 is 34.9 Å². The van der Waals surface area contributed by atoms with E-state index in [-0.39, 0.29) is 68.7 Å². The molecule has 9 atom stereocenters. The van der Waals surface area contributed by atoms with Crippen LogP contribution in [-0.2, 0) is 62.3 Å². The number of aromatic nitrogens is 1. The fraction of sp³-hybridized carbons (Fsp3) is 0.627. The van der Waals surface area contributed by atoms with Crippen LogP contribution in [0.5, 0.6) is 0 Å². The van der Waals surface area contributed by atoms with E-state index in [4.69, 9.17) is 5.73 Å². The Hall–Kier alpha value is -8.34. The number of aliphatic carboxylic acids is 4. The Morgan fingerprint density at radius 2 is 1.20 bits per heavy atom. The summed E-state index contributed by atoms with van der Waals surface area (Å²) in [6, 6.07) is -3.21. The number of amides is 11. The molecule has 94 heavy (non-hydrogen) atoms. The van der Waals surface area contributed by atoms with Crippen LogP contribution in [0, 0.1) is 5.92 Å². The van der Waals surface area contributed by atoms with Crippen LogP contribution in [0.2, 0.25) is 0 Å². The molecular formula is C59H86N14O18S3. The van der Waals surface area contributed by atoms with E-state index in [1.54, 1.807) is 18.2 Å². The molecule has 0 aliphatic carbocycles. The van der Waals surface area contributed by atoms with E-state index in [1.165, 1.54) is 36.9 Å². The predicted molar refractivity (Wildman–Crippen MR) is 347 cm³/mol. The second-order valence-corrected chi connectivity index (χ2v) is 26.6. The first-order valence-corrected chi connectivity index (χ1v) is 34.1. The number of nitrogens with two attached hydrogens (primary N) is 1. The van der Waals surface area contributed by atoms with Crippen molar-refractivity contribution in [1.29, 1.82) is 0 Å². The molecule has 2 aromatic rings. The van der Waals surface area contributed by atoms with Gasteiger partial charge in [-0.15, -0.1) is 23.1 Å². The Morgan fingerprint density at radius 3 is 1.82 bits per heavy atom. The van der Waals surface area contributed by atoms with Gasteiger partial charge in [-0.25, -0.2) is 14.6 Å². The third-order valence-corrected chi connectivity index (χ3v) is 19.0. The summed E-state index contributed by atoms with van der Waals surface area (Å²) in [6.07, 6.45) is 3.91. The van der Waals surface area contributed by atoms with Crippen LogP contribution < -0.4 is 64.2 Å². The van der Waals surface area contributed by atoms with Gasteiger partial charge in [-0.2, -0.15) is 11.8 Å². The standard InChI is InChI=1S/C59H86N14O18S3/c1-31(2)49(55(88)68-36(26-47(80)81)52(85)63-24-12-9-13-34(51(60)84)65-45(77)28-64-32-18-19-33-41(25-32)94-57(69-33)56-70-39(30-93-56)58(89)90)72-53(86)35(20-21-46(78)79)67-54(87)37(27-48(82)83)66-44(76)17-6-4-11-23-61-42(74)15-5-3-10-22-62-43(75)16-8-7-14-40-50-38(29-92-40)71-59(91)73-50/h18-19,25,31,34-40,49-50,64H,3-17,20-24,26-30H2,1-2H3,(H2,60,84)(H,61,74)(H,62,75)(H,63,85)(H,65,77)(H,66,76)(H,67,87)(H,68,88)(H,72,86)(H,78,79)(H,80,81)(H,82,83)(H,89,90)(H2,71,73,91)/t34?,35?,36?,37?,38?,39-,40+,49?,50?/m1/s1. The highest BCUT2D eigenvalue weighted by Crippen LogP contribution is 2.34. The first-order chi connectivity index (χ1) is 44.8. The molecule has 3 aliphatic rings. The molecule has 0 saturated carbocycles. The highest BCUT2D eigenvalue weighted by molar-refractivity contribution is 8.15. The number of thioether (sulfide) groups is 2. The van der Waals surface area contributed by atoms with E-state index in [1.807, 2.05) is 11.8 Å². The number of carbonyl (C=O) groups excluding carboxylic acids is 10. The van der Waals surface area contributed by atoms with Crippen molar-refractivity contribution in [2.75, 3.05) is 43.0 Å². The van der Waals surface area contributed by atoms with Gasteiger partial charge in [0.15, 0.2) is 6.04 Å². The van der Waals surface area contributed by atoms with E-state index in [0.29, 0.717) is 83.9 Å². The molecule has 1 aromatic heterocycles. The first kappa shape index (κ1) is 76.4. The van der Waals surface area contributed by atoms with Gasteiger partial charge in [0.25, 0.3) is 0 Å². The van der Waals surface area contributed by atoms with Crippen molar-refractivity contribution in [3.8, 4) is 0 Å². The Bertz CT molecular complexity index is 3080. The molecule has 0 bridgehead atoms. The number of carboxylic acid groups (broad SMARTS) is 4. The number of anilines is 1. The van der Waals surface area contributed by atoms with E-state index in [2.05, 4.69) is 68.5 Å². The van der Waals surface area contributed by atoms with Crippen molar-refractivity contribution >= 4 is 139 Å². The second-order valence-electron chi connectivity index (χ2n) is 23.3. The number of fused-ring (bicyclic) bond motifs is 2. The molecule has 0 radical (unpaired) electrons. The zero-order valence-corrected chi connectivity index (χ0v) is 54.8. The average molecular weight is 1380 g/mol. The number of carbonyl (C=O) groups is 14. The number of unbranched alkanes of at least 4 members (excludes halogenated alkanes) is 6. The molecule has 35 heteroatoms. The van der Waals surface area contributed by atoms with Crippen molar-refractivity contribution in [2.24, 2.45) is 16.6 Å². The monoisotopic (exact) mass is 1370 g/mol. The van der Waals surface area contributed by atoms with Gasteiger partial charge in [0.2, 0.25) is 53.2 Å². The third kappa shape index (κ3) is 26.9. The van der Waals surface area contributed by atoms with Gasteiger partial charge in [-0.05, 0) is 88.3 Å². The summed E-state index contributed by atoms with van der Waals surface area (Å²) in [5.74, 6) is -11.5. The smallest absolute Gasteiger partial charge is 0.329 e. The summed E-state index contributed by atoms with van der Waals surface area (Å²) in [5, 5.41) is 68.5. The molecule has 518 valence electrons. The van der Waals surface area contributed by atoms with Crippen LogP contribution in [0.3, 0.4) is 0 Å². The van der Waals surface area contributed by atoms with Crippen LogP contribution in [0.4, 0.5) is 10.5 Å². The van der Waals surface area contributed by atoms with Crippen LogP contribution in [0.1, 0.15) is 141 Å². The largest absolute Gasteiger partial charge is 0.481 e. The number of benzene rings is 1. The lowest BCUT2D eigenvalue weighted by atomic mass is 10.0. The van der Waals surface area contributed by atoms with Crippen molar-refractivity contribution in [2.45, 2.75) is 189 Å². The van der Waals surface area contributed by atoms with Crippen LogP contribution in [0.25, 0.3) is 10.2 Å². The molecule has 5 rings (SSSR count). The van der Waals surface area contributed by atoms with Gasteiger partial charge in [-0.1, -0.05) is 33.1 Å².